The second kappa shape index (κ2) is 7.61. The number of aryl methyl sites for hydroxylation is 2. The molecule has 0 fully saturated rings. The van der Waals surface area contributed by atoms with Gasteiger partial charge in [-0.3, -0.25) is 0 Å². The lowest BCUT2D eigenvalue weighted by Crippen LogP contribution is -2.31. The van der Waals surface area contributed by atoms with Crippen molar-refractivity contribution >= 4 is 11.7 Å². The highest BCUT2D eigenvalue weighted by Crippen LogP contribution is 2.18. The third-order valence-electron chi connectivity index (χ3n) is 3.62. The first kappa shape index (κ1) is 16.0. The zero-order chi connectivity index (χ0) is 15.9. The Balaban J connectivity index is 1.82. The van der Waals surface area contributed by atoms with Gasteiger partial charge in [-0.05, 0) is 42.5 Å². The summed E-state index contributed by atoms with van der Waals surface area (Å²) in [6.07, 6.45) is 0.756. The van der Waals surface area contributed by atoms with E-state index in [-0.39, 0.29) is 12.6 Å². The monoisotopic (exact) mass is 298 g/mol. The molecule has 0 aliphatic rings. The molecule has 0 saturated heterocycles. The second-order valence-corrected chi connectivity index (χ2v) is 5.37. The maximum absolute atomic E-state index is 12.0. The fraction of sp³-hybridized carbons (Fsp3) is 0.278. The summed E-state index contributed by atoms with van der Waals surface area (Å²) in [7, 11) is 0. The van der Waals surface area contributed by atoms with E-state index in [1.807, 2.05) is 56.3 Å². The summed E-state index contributed by atoms with van der Waals surface area (Å²) in [6.45, 7) is 4.57. The van der Waals surface area contributed by atoms with Gasteiger partial charge in [-0.2, -0.15) is 0 Å². The summed E-state index contributed by atoms with van der Waals surface area (Å²) in [5.74, 6) is 0. The highest BCUT2D eigenvalue weighted by Gasteiger charge is 2.06. The molecule has 2 amide bonds. The van der Waals surface area contributed by atoms with Crippen molar-refractivity contribution in [3.63, 3.8) is 0 Å². The molecule has 22 heavy (non-hydrogen) atoms. The van der Waals surface area contributed by atoms with Gasteiger partial charge < -0.3 is 15.7 Å². The van der Waals surface area contributed by atoms with Gasteiger partial charge in [0, 0.05) is 12.2 Å². The smallest absolute Gasteiger partial charge is 0.319 e. The van der Waals surface area contributed by atoms with Crippen LogP contribution in [-0.2, 0) is 13.0 Å². The molecule has 0 atom stereocenters. The molecular weight excluding hydrogens is 276 g/mol. The normalized spacial score (nSPS) is 10.3. The lowest BCUT2D eigenvalue weighted by Gasteiger charge is -2.12. The molecule has 2 rings (SSSR count). The SMILES string of the molecule is Cc1cccc(C)c1NC(=O)NCCc1ccc(CO)cc1. The van der Waals surface area contributed by atoms with E-state index in [1.165, 1.54) is 0 Å². The van der Waals surface area contributed by atoms with E-state index in [2.05, 4.69) is 10.6 Å². The Kier molecular flexibility index (Phi) is 5.55. The van der Waals surface area contributed by atoms with Crippen molar-refractivity contribution in [3.8, 4) is 0 Å². The number of anilines is 1. The van der Waals surface area contributed by atoms with Crippen molar-refractivity contribution in [2.24, 2.45) is 0 Å². The molecule has 0 unspecified atom stereocenters. The summed E-state index contributed by atoms with van der Waals surface area (Å²) < 4.78 is 0. The predicted molar refractivity (Wildman–Crippen MR) is 89.0 cm³/mol. The van der Waals surface area contributed by atoms with Gasteiger partial charge in [-0.25, -0.2) is 4.79 Å². The van der Waals surface area contributed by atoms with Crippen molar-refractivity contribution in [1.29, 1.82) is 0 Å². The average Bonchev–Trinajstić information content (AvgIpc) is 2.52. The number of hydrogen-bond donors (Lipinski definition) is 3. The molecule has 0 aliphatic heterocycles. The zero-order valence-electron chi connectivity index (χ0n) is 13.0. The van der Waals surface area contributed by atoms with Gasteiger partial charge in [-0.15, -0.1) is 0 Å². The van der Waals surface area contributed by atoms with Gasteiger partial charge in [0.15, 0.2) is 0 Å². The minimum absolute atomic E-state index is 0.0523. The van der Waals surface area contributed by atoms with Gasteiger partial charge in [-0.1, -0.05) is 42.5 Å². The van der Waals surface area contributed by atoms with E-state index >= 15 is 0 Å². The molecule has 4 heteroatoms. The number of carbonyl (C=O) groups is 1. The van der Waals surface area contributed by atoms with Crippen LogP contribution in [0.5, 0.6) is 0 Å². The predicted octanol–water partition coefficient (Wildman–Crippen LogP) is 3.16. The maximum Gasteiger partial charge on any atom is 0.319 e. The summed E-state index contributed by atoms with van der Waals surface area (Å²) in [5, 5.41) is 14.8. The molecule has 0 spiro atoms. The molecule has 0 heterocycles. The topological polar surface area (TPSA) is 61.4 Å². The highest BCUT2D eigenvalue weighted by molar-refractivity contribution is 5.90. The molecule has 0 saturated carbocycles. The summed E-state index contributed by atoms with van der Waals surface area (Å²) in [4.78, 5) is 12.0. The van der Waals surface area contributed by atoms with Crippen molar-refractivity contribution < 1.29 is 9.90 Å². The molecule has 2 aromatic rings. The number of benzene rings is 2. The Hall–Kier alpha value is -2.33. The third kappa shape index (κ3) is 4.33. The van der Waals surface area contributed by atoms with Crippen molar-refractivity contribution in [2.75, 3.05) is 11.9 Å². The lowest BCUT2D eigenvalue weighted by molar-refractivity contribution is 0.252. The third-order valence-corrected chi connectivity index (χ3v) is 3.62. The minimum atomic E-state index is -0.190. The van der Waals surface area contributed by atoms with Crippen LogP contribution in [0.25, 0.3) is 0 Å². The fourth-order valence-electron chi connectivity index (χ4n) is 2.30. The Morgan fingerprint density at radius 1 is 1.00 bits per heavy atom. The molecule has 0 bridgehead atoms. The Labute approximate surface area is 131 Å². The van der Waals surface area contributed by atoms with Crippen molar-refractivity contribution in [3.05, 3.63) is 64.7 Å². The van der Waals surface area contributed by atoms with Crippen LogP contribution < -0.4 is 10.6 Å². The number of urea groups is 1. The van der Waals surface area contributed by atoms with Crippen LogP contribution in [0.2, 0.25) is 0 Å². The van der Waals surface area contributed by atoms with E-state index < -0.39 is 0 Å². The van der Waals surface area contributed by atoms with Gasteiger partial charge in [0.2, 0.25) is 0 Å². The average molecular weight is 298 g/mol. The van der Waals surface area contributed by atoms with E-state index in [0.717, 1.165) is 34.4 Å². The summed E-state index contributed by atoms with van der Waals surface area (Å²) in [6, 6.07) is 13.5. The first-order valence-corrected chi connectivity index (χ1v) is 7.40. The van der Waals surface area contributed by atoms with Gasteiger partial charge in [0.25, 0.3) is 0 Å². The summed E-state index contributed by atoms with van der Waals surface area (Å²) in [5.41, 5.74) is 4.99. The maximum atomic E-state index is 12.0. The lowest BCUT2D eigenvalue weighted by atomic mass is 10.1. The van der Waals surface area contributed by atoms with Crippen molar-refractivity contribution in [1.82, 2.24) is 5.32 Å². The second-order valence-electron chi connectivity index (χ2n) is 5.37. The highest BCUT2D eigenvalue weighted by atomic mass is 16.3. The molecule has 3 N–H and O–H groups in total. The van der Waals surface area contributed by atoms with Crippen LogP contribution in [0.3, 0.4) is 0 Å². The van der Waals surface area contributed by atoms with E-state index in [0.29, 0.717) is 6.54 Å². The van der Waals surface area contributed by atoms with Crippen molar-refractivity contribution in [2.45, 2.75) is 26.9 Å². The van der Waals surface area contributed by atoms with Gasteiger partial charge >= 0.3 is 6.03 Å². The molecule has 2 aromatic carbocycles. The largest absolute Gasteiger partial charge is 0.392 e. The fourth-order valence-corrected chi connectivity index (χ4v) is 2.30. The first-order valence-electron chi connectivity index (χ1n) is 7.40. The number of aliphatic hydroxyl groups excluding tert-OH is 1. The van der Waals surface area contributed by atoms with E-state index in [9.17, 15) is 4.79 Å². The zero-order valence-corrected chi connectivity index (χ0v) is 13.0. The van der Waals surface area contributed by atoms with Crippen LogP contribution in [-0.4, -0.2) is 17.7 Å². The number of rotatable bonds is 5. The minimum Gasteiger partial charge on any atom is -0.392 e. The molecule has 0 aliphatic carbocycles. The first-order chi connectivity index (χ1) is 10.6. The van der Waals surface area contributed by atoms with Crippen LogP contribution in [0.4, 0.5) is 10.5 Å². The van der Waals surface area contributed by atoms with E-state index in [4.69, 9.17) is 5.11 Å². The summed E-state index contributed by atoms with van der Waals surface area (Å²) >= 11 is 0. The number of nitrogens with one attached hydrogen (secondary N) is 2. The number of hydrogen-bond acceptors (Lipinski definition) is 2. The number of aliphatic hydroxyl groups is 1. The standard InChI is InChI=1S/C18H22N2O2/c1-13-4-3-5-14(2)17(13)20-18(22)19-11-10-15-6-8-16(12-21)9-7-15/h3-9,21H,10-12H2,1-2H3,(H2,19,20,22). The Morgan fingerprint density at radius 3 is 2.18 bits per heavy atom. The number of amides is 2. The molecular formula is C18H22N2O2. The van der Waals surface area contributed by atoms with Crippen LogP contribution in [0, 0.1) is 13.8 Å². The van der Waals surface area contributed by atoms with Crippen LogP contribution >= 0.6 is 0 Å². The van der Waals surface area contributed by atoms with Crippen LogP contribution in [0.1, 0.15) is 22.3 Å². The van der Waals surface area contributed by atoms with E-state index in [1.54, 1.807) is 0 Å². The molecule has 116 valence electrons. The quantitative estimate of drug-likeness (QED) is 0.794. The molecule has 4 nitrogen and oxygen atoms in total. The van der Waals surface area contributed by atoms with Gasteiger partial charge in [0.05, 0.1) is 6.61 Å². The Bertz CT molecular complexity index is 616. The van der Waals surface area contributed by atoms with Crippen LogP contribution in [0.15, 0.2) is 42.5 Å². The van der Waals surface area contributed by atoms with Gasteiger partial charge in [0.1, 0.15) is 0 Å². The Morgan fingerprint density at radius 2 is 1.59 bits per heavy atom. The molecule has 0 aromatic heterocycles. The molecule has 0 radical (unpaired) electrons. The number of para-hydroxylation sites is 1. The number of carbonyl (C=O) groups excluding carboxylic acids is 1.